The molecular formula is C97H78N4O. The van der Waals surface area contributed by atoms with E-state index in [0.717, 1.165) is 89.3 Å². The van der Waals surface area contributed by atoms with Crippen LogP contribution in [0.1, 0.15) is 124 Å². The number of hydrogen-bond donors (Lipinski definition) is 0. The summed E-state index contributed by atoms with van der Waals surface area (Å²) in [6, 6.07) is 62.4. The zero-order valence-corrected chi connectivity index (χ0v) is 57.9. The molecule has 1 unspecified atom stereocenters. The number of furan rings is 1. The van der Waals surface area contributed by atoms with Crippen molar-refractivity contribution in [1.82, 2.24) is 9.13 Å². The van der Waals surface area contributed by atoms with Gasteiger partial charge >= 0.3 is 0 Å². The van der Waals surface area contributed by atoms with Crippen LogP contribution in [0, 0.1) is 0 Å². The van der Waals surface area contributed by atoms with Gasteiger partial charge in [-0.25, -0.2) is 0 Å². The number of nitrogens with zero attached hydrogens (tertiary/aromatic N) is 4. The Hall–Kier alpha value is -11.9. The molecule has 102 heavy (non-hydrogen) atoms. The molecule has 5 heterocycles. The Morgan fingerprint density at radius 1 is 0.284 bits per heavy atom. The van der Waals surface area contributed by atoms with E-state index in [1.165, 1.54) is 4.57 Å². The number of fused-ring (bicyclic) bond motifs is 13. The fraction of sp³-hybridized carbons (Fsp3) is 0.134. The minimum absolute atomic E-state index is 0.0805. The van der Waals surface area contributed by atoms with Crippen LogP contribution in [0.3, 0.4) is 0 Å². The van der Waals surface area contributed by atoms with Crippen molar-refractivity contribution in [2.75, 3.05) is 9.80 Å². The van der Waals surface area contributed by atoms with Gasteiger partial charge in [-0.15, -0.1) is 0 Å². The lowest BCUT2D eigenvalue weighted by Gasteiger charge is -2.45. The van der Waals surface area contributed by atoms with E-state index in [0.29, 0.717) is 39.1 Å². The standard InChI is InChI=1S/C97H78N4O/c1-95(2,3)68-32-24-31-62(50-68)63-45-47-80-88(55-63)101(86-44-26-38-78-77-37-25-43-85(93(77)102-94(78)86)100-83-41-22-18-35-75(83)76-36-19-23-42-84(76)100)90-59-72(98-81-39-20-16-33-73(81)74-34-17-21-40-82(74)98)58-89-92(90)91(80)79-48-46-64(67-51-69(96(4,5)6)57-70(52-67)97(7,8)9)56-87(79)99(89)71-53-65(60-27-12-10-13-28-60)49-66(54-71)61-29-14-11-15-30-61/h10-59,91H,1-9H3/i16D,17D,18D,19D,20D,21D,22D,23D,33D,34D,35D,36D,39D,40D,41D,42D. The second kappa shape index (κ2) is 22.8. The van der Waals surface area contributed by atoms with Crippen LogP contribution < -0.4 is 9.80 Å². The Morgan fingerprint density at radius 3 is 1.22 bits per heavy atom. The second-order valence-corrected chi connectivity index (χ2v) is 30.2. The second-order valence-electron chi connectivity index (χ2n) is 30.2. The minimum atomic E-state index is -0.624. The maximum atomic E-state index is 10.1. The third-order valence-electron chi connectivity index (χ3n) is 20.8. The van der Waals surface area contributed by atoms with Gasteiger partial charge in [0.25, 0.3) is 0 Å². The Labute approximate surface area is 618 Å². The smallest absolute Gasteiger partial charge is 0.159 e. The van der Waals surface area contributed by atoms with Crippen LogP contribution in [0.15, 0.2) is 307 Å². The summed E-state index contributed by atoms with van der Waals surface area (Å²) in [6.07, 6.45) is 0. The molecule has 1 atom stereocenters. The average Bonchev–Trinajstić information content (AvgIpc) is 1.17. The molecular weight excluding hydrogens is 1240 g/mol. The molecule has 0 saturated carbocycles. The highest BCUT2D eigenvalue weighted by Crippen LogP contribution is 2.63. The maximum absolute atomic E-state index is 10.1. The predicted octanol–water partition coefficient (Wildman–Crippen LogP) is 27.1. The molecule has 0 saturated heterocycles. The average molecular weight is 1330 g/mol. The zero-order chi connectivity index (χ0) is 83.0. The van der Waals surface area contributed by atoms with Crippen LogP contribution in [-0.2, 0) is 16.2 Å². The first-order chi connectivity index (χ1) is 56.1. The molecule has 0 bridgehead atoms. The molecule has 5 heteroatoms. The molecule has 492 valence electrons. The van der Waals surface area contributed by atoms with E-state index in [2.05, 4.69) is 193 Å². The Balaban J connectivity index is 1.00. The SMILES string of the molecule is [2H]c1c([2H])c([2H])c2c(c1[2H])c1c([2H])c([2H])c([2H])c([2H])c1n2-c1cc2c3c(c1)N(c1cccc4c1oc1c(-n5c6c([2H])c([2H])c([2H])c([2H])c6c6c([2H])c([2H])c([2H])c([2H])c65)cccc14)c1cc(-c4cccc(C(C)(C)C)c4)ccc1C3c1ccc(-c3cc(C(C)(C)C)cc(C(C)(C)C)c3)cc1N2c1cc(-c2ccccc2)cc(-c2ccccc2)c1. The summed E-state index contributed by atoms with van der Waals surface area (Å²) in [5.41, 5.74) is 17.2. The number of rotatable bonds is 8. The highest BCUT2D eigenvalue weighted by atomic mass is 16.3. The fourth-order valence-corrected chi connectivity index (χ4v) is 15.6. The lowest BCUT2D eigenvalue weighted by atomic mass is 9.74. The first-order valence-corrected chi connectivity index (χ1v) is 34.7. The van der Waals surface area contributed by atoms with Crippen molar-refractivity contribution in [3.05, 3.63) is 336 Å². The summed E-state index contributed by atoms with van der Waals surface area (Å²) < 4.78 is 162. The first kappa shape index (κ1) is 46.4. The van der Waals surface area contributed by atoms with Gasteiger partial charge < -0.3 is 23.4 Å². The summed E-state index contributed by atoms with van der Waals surface area (Å²) in [4.78, 5) is 4.44. The summed E-state index contributed by atoms with van der Waals surface area (Å²) in [5.74, 6) is -0.624. The highest BCUT2D eigenvalue weighted by molar-refractivity contribution is 6.16. The van der Waals surface area contributed by atoms with Gasteiger partial charge in [0.15, 0.2) is 11.2 Å². The van der Waals surface area contributed by atoms with E-state index < -0.39 is 103 Å². The van der Waals surface area contributed by atoms with Gasteiger partial charge in [0.2, 0.25) is 0 Å². The van der Waals surface area contributed by atoms with Crippen LogP contribution >= 0.6 is 0 Å². The van der Waals surface area contributed by atoms with Crippen molar-refractivity contribution in [2.24, 2.45) is 0 Å². The fourth-order valence-electron chi connectivity index (χ4n) is 15.6. The van der Waals surface area contributed by atoms with Gasteiger partial charge in [-0.3, -0.25) is 0 Å². The van der Waals surface area contributed by atoms with Crippen LogP contribution in [0.2, 0.25) is 0 Å². The van der Waals surface area contributed by atoms with Gasteiger partial charge in [-0.2, -0.15) is 0 Å². The van der Waals surface area contributed by atoms with Gasteiger partial charge in [0.05, 0.1) is 83.8 Å². The molecule has 2 aliphatic heterocycles. The lowest BCUT2D eigenvalue weighted by molar-refractivity contribution is 0.569. The Bertz CT molecular complexity index is 7040. The molecule has 19 rings (SSSR count). The van der Waals surface area contributed by atoms with Crippen molar-refractivity contribution in [2.45, 2.75) is 84.5 Å². The molecule has 2 aliphatic rings. The topological polar surface area (TPSA) is 29.5 Å². The van der Waals surface area contributed by atoms with Crippen molar-refractivity contribution in [3.63, 3.8) is 0 Å². The molecule has 17 aromatic rings. The molecule has 14 aromatic carbocycles. The lowest BCUT2D eigenvalue weighted by Crippen LogP contribution is -2.29. The largest absolute Gasteiger partial charge is 0.452 e. The normalized spacial score (nSPS) is 16.0. The van der Waals surface area contributed by atoms with E-state index in [1.807, 2.05) is 72.8 Å². The molecule has 0 spiro atoms. The quantitative estimate of drug-likeness (QED) is 0.152. The van der Waals surface area contributed by atoms with Crippen molar-refractivity contribution in [3.8, 4) is 55.9 Å². The van der Waals surface area contributed by atoms with Crippen molar-refractivity contribution >= 4 is 99.7 Å². The molecule has 0 N–H and O–H groups in total. The maximum Gasteiger partial charge on any atom is 0.159 e. The highest BCUT2D eigenvalue weighted by Gasteiger charge is 2.43. The van der Waals surface area contributed by atoms with Crippen molar-refractivity contribution in [1.29, 1.82) is 0 Å². The third kappa shape index (κ3) is 9.72. The van der Waals surface area contributed by atoms with E-state index in [4.69, 9.17) is 9.90 Å². The summed E-state index contributed by atoms with van der Waals surface area (Å²) in [5, 5.41) is 0.754. The monoisotopic (exact) mass is 1330 g/mol. The third-order valence-corrected chi connectivity index (χ3v) is 20.8. The van der Waals surface area contributed by atoms with Gasteiger partial charge in [-0.05, 0) is 167 Å². The molecule has 0 radical (unpaired) electrons. The Morgan fingerprint density at radius 2 is 0.696 bits per heavy atom. The molecule has 0 amide bonds. The number of hydrogen-bond acceptors (Lipinski definition) is 3. The molecule has 3 aromatic heterocycles. The van der Waals surface area contributed by atoms with Gasteiger partial charge in [-0.1, -0.05) is 286 Å². The number of para-hydroxylation sites is 6. The molecule has 0 fully saturated rings. The number of anilines is 6. The summed E-state index contributed by atoms with van der Waals surface area (Å²) in [7, 11) is 0. The van der Waals surface area contributed by atoms with Crippen molar-refractivity contribution < 1.29 is 26.3 Å². The van der Waals surface area contributed by atoms with Crippen LogP contribution in [0.25, 0.3) is 121 Å². The zero-order valence-electron chi connectivity index (χ0n) is 73.9. The van der Waals surface area contributed by atoms with E-state index >= 15 is 0 Å². The number of aromatic nitrogens is 2. The van der Waals surface area contributed by atoms with Gasteiger partial charge in [0.1, 0.15) is 0 Å². The minimum Gasteiger partial charge on any atom is -0.452 e. The molecule has 5 nitrogen and oxygen atoms in total. The molecule has 0 aliphatic carbocycles. The van der Waals surface area contributed by atoms with Crippen LogP contribution in [0.4, 0.5) is 34.1 Å². The first-order valence-electron chi connectivity index (χ1n) is 42.7. The van der Waals surface area contributed by atoms with Crippen LogP contribution in [0.5, 0.6) is 0 Å². The van der Waals surface area contributed by atoms with Gasteiger partial charge in [0, 0.05) is 49.5 Å². The number of benzene rings is 14. The summed E-state index contributed by atoms with van der Waals surface area (Å²) >= 11 is 0. The predicted molar refractivity (Wildman–Crippen MR) is 431 cm³/mol. The Kier molecular flexibility index (Phi) is 10.4. The van der Waals surface area contributed by atoms with Crippen LogP contribution in [-0.4, -0.2) is 9.13 Å². The van der Waals surface area contributed by atoms with E-state index in [-0.39, 0.29) is 76.8 Å². The van der Waals surface area contributed by atoms with E-state index in [1.54, 1.807) is 16.7 Å². The summed E-state index contributed by atoms with van der Waals surface area (Å²) in [6.45, 7) is 19.9. The van der Waals surface area contributed by atoms with E-state index in [9.17, 15) is 16.4 Å².